The molecule has 0 aliphatic heterocycles. The van der Waals surface area contributed by atoms with Crippen LogP contribution in [0.3, 0.4) is 0 Å². The van der Waals surface area contributed by atoms with Crippen LogP contribution >= 0.6 is 22.9 Å². The first-order valence-corrected chi connectivity index (χ1v) is 14.7. The molecule has 0 bridgehead atoms. The number of aryl methyl sites for hydroxylation is 1. The van der Waals surface area contributed by atoms with E-state index in [1.807, 2.05) is 36.4 Å². The third-order valence-electron chi connectivity index (χ3n) is 6.16. The van der Waals surface area contributed by atoms with Gasteiger partial charge in [0.05, 0.1) is 28.2 Å². The Labute approximate surface area is 225 Å². The second kappa shape index (κ2) is 10.7. The van der Waals surface area contributed by atoms with Crippen LogP contribution < -0.4 is 0 Å². The van der Waals surface area contributed by atoms with Crippen LogP contribution in [-0.4, -0.2) is 39.8 Å². The fourth-order valence-corrected chi connectivity index (χ4v) is 7.09. The standard InChI is InChI=1S/C27H29ClN2O5S2/c1-17(31)20-8-5-9-22-26(20)21(16-37(34,35)25-13-12-24(28)36-25)29-30(22)15-19-7-4-6-18(14-19)10-11-23(32)27(2,3)33/h4-9,12-14,17,31,33H,10-11,15-16H2,1-3H3. The first-order valence-electron chi connectivity index (χ1n) is 11.8. The van der Waals surface area contributed by atoms with Gasteiger partial charge in [-0.05, 0) is 62.1 Å². The number of carbonyl (C=O) groups excluding carboxylic acids is 1. The van der Waals surface area contributed by atoms with E-state index in [9.17, 15) is 23.4 Å². The molecule has 1 atom stereocenters. The number of Topliss-reactive ketones (excluding diaryl/α,β-unsaturated/α-hetero) is 1. The van der Waals surface area contributed by atoms with Crippen LogP contribution in [0, 0.1) is 0 Å². The highest BCUT2D eigenvalue weighted by Gasteiger charge is 2.25. The van der Waals surface area contributed by atoms with Crippen molar-refractivity contribution < 1.29 is 23.4 Å². The van der Waals surface area contributed by atoms with Gasteiger partial charge in [-0.15, -0.1) is 11.3 Å². The average molecular weight is 561 g/mol. The van der Waals surface area contributed by atoms with Gasteiger partial charge in [0.15, 0.2) is 15.6 Å². The number of benzene rings is 2. The highest BCUT2D eigenvalue weighted by atomic mass is 35.5. The number of aliphatic hydroxyl groups excluding tert-OH is 1. The summed E-state index contributed by atoms with van der Waals surface area (Å²) < 4.78 is 28.6. The molecule has 0 spiro atoms. The van der Waals surface area contributed by atoms with Gasteiger partial charge in [0, 0.05) is 11.8 Å². The summed E-state index contributed by atoms with van der Waals surface area (Å²) in [5, 5.41) is 25.6. The number of aromatic nitrogens is 2. The molecule has 0 radical (unpaired) electrons. The third-order valence-corrected chi connectivity index (χ3v) is 9.60. The van der Waals surface area contributed by atoms with E-state index in [1.54, 1.807) is 23.7 Å². The minimum absolute atomic E-state index is 0.169. The third kappa shape index (κ3) is 6.30. The number of carbonyl (C=O) groups is 1. The molecule has 1 unspecified atom stereocenters. The first kappa shape index (κ1) is 27.5. The molecule has 4 aromatic rings. The van der Waals surface area contributed by atoms with Crippen molar-refractivity contribution in [2.24, 2.45) is 0 Å². The molecular formula is C27H29ClN2O5S2. The van der Waals surface area contributed by atoms with Crippen molar-refractivity contribution in [3.63, 3.8) is 0 Å². The number of hydrogen-bond donors (Lipinski definition) is 2. The largest absolute Gasteiger partial charge is 0.389 e. The summed E-state index contributed by atoms with van der Waals surface area (Å²) in [4.78, 5) is 12.1. The summed E-state index contributed by atoms with van der Waals surface area (Å²) in [7, 11) is -3.70. The summed E-state index contributed by atoms with van der Waals surface area (Å²) in [6.45, 7) is 4.99. The quantitative estimate of drug-likeness (QED) is 0.279. The Morgan fingerprint density at radius 1 is 1.14 bits per heavy atom. The van der Waals surface area contributed by atoms with Crippen molar-refractivity contribution >= 4 is 49.5 Å². The molecule has 2 aromatic carbocycles. The Hall–Kier alpha value is -2.56. The minimum atomic E-state index is -3.70. The number of aliphatic hydroxyl groups is 2. The van der Waals surface area contributed by atoms with Gasteiger partial charge in [-0.1, -0.05) is 48.0 Å². The van der Waals surface area contributed by atoms with Gasteiger partial charge < -0.3 is 10.2 Å². The Morgan fingerprint density at radius 2 is 1.84 bits per heavy atom. The first-order chi connectivity index (χ1) is 17.3. The number of fused-ring (bicyclic) bond motifs is 1. The van der Waals surface area contributed by atoms with Crippen molar-refractivity contribution in [2.75, 3.05) is 0 Å². The summed E-state index contributed by atoms with van der Waals surface area (Å²) >= 11 is 6.97. The molecule has 37 heavy (non-hydrogen) atoms. The predicted molar refractivity (Wildman–Crippen MR) is 146 cm³/mol. The molecule has 4 rings (SSSR count). The lowest BCUT2D eigenvalue weighted by Gasteiger charge is -2.15. The van der Waals surface area contributed by atoms with Crippen molar-refractivity contribution in [3.05, 3.63) is 81.3 Å². The Kier molecular flexibility index (Phi) is 7.92. The van der Waals surface area contributed by atoms with E-state index in [4.69, 9.17) is 16.7 Å². The zero-order chi connectivity index (χ0) is 27.0. The van der Waals surface area contributed by atoms with Gasteiger partial charge in [-0.2, -0.15) is 5.10 Å². The maximum absolute atomic E-state index is 13.1. The highest BCUT2D eigenvalue weighted by molar-refractivity contribution is 7.92. The van der Waals surface area contributed by atoms with Crippen LogP contribution in [0.5, 0.6) is 0 Å². The zero-order valence-electron chi connectivity index (χ0n) is 20.8. The lowest BCUT2D eigenvalue weighted by molar-refractivity contribution is -0.134. The molecule has 0 amide bonds. The predicted octanol–water partition coefficient (Wildman–Crippen LogP) is 5.10. The summed E-state index contributed by atoms with van der Waals surface area (Å²) in [6, 6.07) is 16.2. The summed E-state index contributed by atoms with van der Waals surface area (Å²) in [5.74, 6) is -0.546. The fraction of sp³-hybridized carbons (Fsp3) is 0.333. The molecule has 2 N–H and O–H groups in total. The Bertz CT molecular complexity index is 1550. The monoisotopic (exact) mass is 560 g/mol. The number of hydrogen-bond acceptors (Lipinski definition) is 7. The van der Waals surface area contributed by atoms with Gasteiger partial charge in [-0.25, -0.2) is 8.42 Å². The molecule has 0 fully saturated rings. The Balaban J connectivity index is 1.68. The van der Waals surface area contributed by atoms with Gasteiger partial charge in [-0.3, -0.25) is 9.48 Å². The van der Waals surface area contributed by atoms with Gasteiger partial charge in [0.2, 0.25) is 0 Å². The normalized spacial score (nSPS) is 13.2. The molecule has 196 valence electrons. The van der Waals surface area contributed by atoms with Crippen molar-refractivity contribution in [1.82, 2.24) is 9.78 Å². The lowest BCUT2D eigenvalue weighted by atomic mass is 9.97. The molecule has 2 heterocycles. The summed E-state index contributed by atoms with van der Waals surface area (Å²) in [5.41, 5.74) is 2.21. The van der Waals surface area contributed by atoms with Crippen LogP contribution in [0.25, 0.3) is 10.9 Å². The molecule has 0 aliphatic rings. The SMILES string of the molecule is CC(O)c1cccc2c1c(CS(=O)(=O)c1ccc(Cl)s1)nn2Cc1cccc(CCC(=O)C(C)(C)O)c1. The molecule has 10 heteroatoms. The van der Waals surface area contributed by atoms with Crippen molar-refractivity contribution in [1.29, 1.82) is 0 Å². The number of halogens is 1. The maximum Gasteiger partial charge on any atom is 0.193 e. The summed E-state index contributed by atoms with van der Waals surface area (Å²) in [6.07, 6.45) is -0.0877. The van der Waals surface area contributed by atoms with Crippen LogP contribution in [-0.2, 0) is 33.4 Å². The molecule has 0 aliphatic carbocycles. The van der Waals surface area contributed by atoms with Crippen molar-refractivity contribution in [3.8, 4) is 0 Å². The number of ketones is 1. The lowest BCUT2D eigenvalue weighted by Crippen LogP contribution is -2.31. The van der Waals surface area contributed by atoms with Crippen LogP contribution in [0.1, 0.15) is 55.7 Å². The Morgan fingerprint density at radius 3 is 2.49 bits per heavy atom. The molecular weight excluding hydrogens is 532 g/mol. The second-order valence-electron chi connectivity index (χ2n) is 9.64. The van der Waals surface area contributed by atoms with Crippen molar-refractivity contribution in [2.45, 2.75) is 61.8 Å². The van der Waals surface area contributed by atoms with E-state index in [0.717, 1.165) is 28.0 Å². The molecule has 0 saturated heterocycles. The minimum Gasteiger partial charge on any atom is -0.389 e. The number of thiophene rings is 1. The van der Waals surface area contributed by atoms with Crippen LogP contribution in [0.2, 0.25) is 4.34 Å². The second-order valence-corrected chi connectivity index (χ2v) is 13.6. The van der Waals surface area contributed by atoms with Crippen LogP contribution in [0.15, 0.2) is 58.8 Å². The highest BCUT2D eigenvalue weighted by Crippen LogP contribution is 2.33. The number of rotatable bonds is 10. The van der Waals surface area contributed by atoms with E-state index in [1.165, 1.54) is 19.9 Å². The molecule has 2 aromatic heterocycles. The van der Waals surface area contributed by atoms with Crippen LogP contribution in [0.4, 0.5) is 0 Å². The van der Waals surface area contributed by atoms with Gasteiger partial charge >= 0.3 is 0 Å². The maximum atomic E-state index is 13.1. The molecule has 0 saturated carbocycles. The van der Waals surface area contributed by atoms with E-state index >= 15 is 0 Å². The number of sulfone groups is 1. The van der Waals surface area contributed by atoms with E-state index in [0.29, 0.717) is 33.9 Å². The average Bonchev–Trinajstić information content (AvgIpc) is 3.41. The molecule has 7 nitrogen and oxygen atoms in total. The fourth-order valence-electron chi connectivity index (χ4n) is 4.24. The van der Waals surface area contributed by atoms with Gasteiger partial charge in [0.25, 0.3) is 0 Å². The topological polar surface area (TPSA) is 109 Å². The smallest absolute Gasteiger partial charge is 0.193 e. The van der Waals surface area contributed by atoms with E-state index < -0.39 is 21.5 Å². The van der Waals surface area contributed by atoms with E-state index in [-0.39, 0.29) is 22.2 Å². The van der Waals surface area contributed by atoms with E-state index in [2.05, 4.69) is 0 Å². The van der Waals surface area contributed by atoms with Gasteiger partial charge in [0.1, 0.15) is 15.6 Å². The number of nitrogens with zero attached hydrogens (tertiary/aromatic N) is 2. The zero-order valence-corrected chi connectivity index (χ0v) is 23.2.